The van der Waals surface area contributed by atoms with Crippen molar-refractivity contribution in [2.24, 2.45) is 5.92 Å². The molecule has 29 heavy (non-hydrogen) atoms. The highest BCUT2D eigenvalue weighted by Crippen LogP contribution is 2.24. The second kappa shape index (κ2) is 10.2. The number of nitrogens with zero attached hydrogens (tertiary/aromatic N) is 2. The summed E-state index contributed by atoms with van der Waals surface area (Å²) in [5.41, 5.74) is 4.23. The molecule has 2 aromatic rings. The topological polar surface area (TPSA) is 47.6 Å². The third kappa shape index (κ3) is 5.89. The zero-order valence-electron chi connectivity index (χ0n) is 17.9. The monoisotopic (exact) mass is 394 g/mol. The minimum atomic E-state index is -0.0441. The van der Waals surface area contributed by atoms with Gasteiger partial charge in [-0.3, -0.25) is 4.79 Å². The van der Waals surface area contributed by atoms with Gasteiger partial charge in [-0.25, -0.2) is 0 Å². The van der Waals surface area contributed by atoms with Gasteiger partial charge in [-0.05, 0) is 81.1 Å². The van der Waals surface area contributed by atoms with E-state index in [1.807, 2.05) is 24.3 Å². The summed E-state index contributed by atoms with van der Waals surface area (Å²) in [6.07, 6.45) is 2.50. The van der Waals surface area contributed by atoms with Crippen molar-refractivity contribution in [3.63, 3.8) is 0 Å². The summed E-state index contributed by atoms with van der Waals surface area (Å²) >= 11 is 0. The summed E-state index contributed by atoms with van der Waals surface area (Å²) < 4.78 is 0. The van der Waals surface area contributed by atoms with Crippen molar-refractivity contribution >= 4 is 28.7 Å². The van der Waals surface area contributed by atoms with Crippen molar-refractivity contribution in [1.29, 1.82) is 0 Å². The molecule has 0 atom stereocenters. The van der Waals surface area contributed by atoms with Crippen LogP contribution in [0.25, 0.3) is 0 Å². The lowest BCUT2D eigenvalue weighted by molar-refractivity contribution is -0.114. The largest absolute Gasteiger partial charge is 0.376 e. The molecule has 0 aliphatic carbocycles. The molecule has 0 radical (unpaired) electrons. The SMILES string of the molecule is CCN(CC)c1ccc(NCC(=O)Nc2ccc(N3CCC(C)CC3)cc2)cc1. The Morgan fingerprint density at radius 1 is 0.966 bits per heavy atom. The molecule has 1 fully saturated rings. The van der Waals surface area contributed by atoms with Gasteiger partial charge in [-0.1, -0.05) is 6.92 Å². The van der Waals surface area contributed by atoms with E-state index in [-0.39, 0.29) is 12.5 Å². The number of hydrogen-bond donors (Lipinski definition) is 2. The molecular formula is C24H34N4O. The van der Waals surface area contributed by atoms with E-state index in [4.69, 9.17) is 0 Å². The van der Waals surface area contributed by atoms with Crippen LogP contribution in [0.15, 0.2) is 48.5 Å². The highest BCUT2D eigenvalue weighted by molar-refractivity contribution is 5.93. The molecule has 1 saturated heterocycles. The van der Waals surface area contributed by atoms with Gasteiger partial charge in [0.05, 0.1) is 6.54 Å². The first-order valence-electron chi connectivity index (χ1n) is 10.8. The van der Waals surface area contributed by atoms with E-state index >= 15 is 0 Å². The summed E-state index contributed by atoms with van der Waals surface area (Å²) in [7, 11) is 0. The summed E-state index contributed by atoms with van der Waals surface area (Å²) in [5, 5.41) is 6.16. The van der Waals surface area contributed by atoms with Gasteiger partial charge < -0.3 is 20.4 Å². The molecule has 2 aromatic carbocycles. The predicted octanol–water partition coefficient (Wildman–Crippen LogP) is 4.82. The smallest absolute Gasteiger partial charge is 0.243 e. The number of nitrogens with one attached hydrogen (secondary N) is 2. The maximum atomic E-state index is 12.3. The Hall–Kier alpha value is -2.69. The molecule has 0 bridgehead atoms. The van der Waals surface area contributed by atoms with Crippen molar-refractivity contribution < 1.29 is 4.79 Å². The Morgan fingerprint density at radius 2 is 1.55 bits per heavy atom. The Balaban J connectivity index is 1.47. The van der Waals surface area contributed by atoms with E-state index in [1.165, 1.54) is 24.2 Å². The van der Waals surface area contributed by atoms with Crippen LogP contribution in [0.5, 0.6) is 0 Å². The standard InChI is InChI=1S/C24H34N4O/c1-4-27(5-2)22-10-6-20(7-11-22)25-18-24(29)26-21-8-12-23(13-9-21)28-16-14-19(3)15-17-28/h6-13,19,25H,4-5,14-18H2,1-3H3,(H,26,29). The van der Waals surface area contributed by atoms with E-state index in [1.54, 1.807) is 0 Å². The van der Waals surface area contributed by atoms with Crippen LogP contribution in [0.1, 0.15) is 33.6 Å². The van der Waals surface area contributed by atoms with Crippen LogP contribution < -0.4 is 20.4 Å². The van der Waals surface area contributed by atoms with Crippen LogP contribution in [0.4, 0.5) is 22.7 Å². The molecule has 0 aromatic heterocycles. The minimum Gasteiger partial charge on any atom is -0.376 e. The van der Waals surface area contributed by atoms with Crippen molar-refractivity contribution in [1.82, 2.24) is 0 Å². The molecule has 1 heterocycles. The fourth-order valence-electron chi connectivity index (χ4n) is 3.79. The van der Waals surface area contributed by atoms with E-state index in [9.17, 15) is 4.79 Å². The van der Waals surface area contributed by atoms with E-state index in [0.717, 1.165) is 43.5 Å². The molecule has 1 aliphatic rings. The van der Waals surface area contributed by atoms with Gasteiger partial charge in [0.2, 0.25) is 5.91 Å². The molecule has 2 N–H and O–H groups in total. The van der Waals surface area contributed by atoms with E-state index in [2.05, 4.69) is 65.5 Å². The summed E-state index contributed by atoms with van der Waals surface area (Å²) in [6.45, 7) is 11.1. The maximum Gasteiger partial charge on any atom is 0.243 e. The fraction of sp³-hybridized carbons (Fsp3) is 0.458. The van der Waals surface area contributed by atoms with Crippen molar-refractivity contribution in [2.45, 2.75) is 33.6 Å². The molecule has 156 valence electrons. The van der Waals surface area contributed by atoms with Crippen LogP contribution >= 0.6 is 0 Å². The van der Waals surface area contributed by atoms with E-state index < -0.39 is 0 Å². The molecule has 5 heteroatoms. The molecule has 3 rings (SSSR count). The number of hydrogen-bond acceptors (Lipinski definition) is 4. The lowest BCUT2D eigenvalue weighted by Crippen LogP contribution is -2.32. The number of amides is 1. The average molecular weight is 395 g/mol. The van der Waals surface area contributed by atoms with Crippen molar-refractivity contribution in [3.05, 3.63) is 48.5 Å². The minimum absolute atomic E-state index is 0.0441. The van der Waals surface area contributed by atoms with Gasteiger partial charge in [0.25, 0.3) is 0 Å². The Kier molecular flexibility index (Phi) is 7.39. The third-order valence-corrected chi connectivity index (χ3v) is 5.75. The Labute approximate surface area is 175 Å². The number of carbonyl (C=O) groups is 1. The summed E-state index contributed by atoms with van der Waals surface area (Å²) in [6, 6.07) is 16.4. The highest BCUT2D eigenvalue weighted by atomic mass is 16.1. The van der Waals surface area contributed by atoms with Gasteiger partial charge >= 0.3 is 0 Å². The van der Waals surface area contributed by atoms with Crippen LogP contribution in [0.2, 0.25) is 0 Å². The first-order valence-corrected chi connectivity index (χ1v) is 10.8. The summed E-state index contributed by atoms with van der Waals surface area (Å²) in [4.78, 5) is 17.0. The second-order valence-corrected chi connectivity index (χ2v) is 7.84. The van der Waals surface area contributed by atoms with Crippen LogP contribution in [0.3, 0.4) is 0 Å². The van der Waals surface area contributed by atoms with Crippen LogP contribution in [-0.4, -0.2) is 38.6 Å². The normalized spacial score (nSPS) is 14.5. The lowest BCUT2D eigenvalue weighted by atomic mass is 9.99. The van der Waals surface area contributed by atoms with Gasteiger partial charge in [-0.15, -0.1) is 0 Å². The predicted molar refractivity (Wildman–Crippen MR) is 124 cm³/mol. The number of piperidine rings is 1. The molecule has 0 spiro atoms. The summed E-state index contributed by atoms with van der Waals surface area (Å²) in [5.74, 6) is 0.781. The molecule has 0 saturated carbocycles. The Morgan fingerprint density at radius 3 is 2.14 bits per heavy atom. The average Bonchev–Trinajstić information content (AvgIpc) is 2.75. The van der Waals surface area contributed by atoms with Gasteiger partial charge in [0, 0.05) is 48.9 Å². The zero-order chi connectivity index (χ0) is 20.6. The molecule has 1 amide bonds. The van der Waals surface area contributed by atoms with Crippen molar-refractivity contribution in [3.8, 4) is 0 Å². The van der Waals surface area contributed by atoms with Gasteiger partial charge in [-0.2, -0.15) is 0 Å². The Bertz CT molecular complexity index is 760. The molecule has 5 nitrogen and oxygen atoms in total. The van der Waals surface area contributed by atoms with Gasteiger partial charge in [0.1, 0.15) is 0 Å². The molecule has 1 aliphatic heterocycles. The quantitative estimate of drug-likeness (QED) is 0.674. The third-order valence-electron chi connectivity index (χ3n) is 5.75. The molecule has 0 unspecified atom stereocenters. The number of anilines is 4. The number of benzene rings is 2. The van der Waals surface area contributed by atoms with Crippen molar-refractivity contribution in [2.75, 3.05) is 53.2 Å². The highest BCUT2D eigenvalue weighted by Gasteiger charge is 2.15. The fourth-order valence-corrected chi connectivity index (χ4v) is 3.79. The number of rotatable bonds is 8. The van der Waals surface area contributed by atoms with Crippen LogP contribution in [0, 0.1) is 5.92 Å². The lowest BCUT2D eigenvalue weighted by Gasteiger charge is -2.32. The van der Waals surface area contributed by atoms with Crippen LogP contribution in [-0.2, 0) is 4.79 Å². The maximum absolute atomic E-state index is 12.3. The first kappa shape index (κ1) is 21.0. The van der Waals surface area contributed by atoms with E-state index in [0.29, 0.717) is 0 Å². The van der Waals surface area contributed by atoms with Gasteiger partial charge in [0.15, 0.2) is 0 Å². The molecular weight excluding hydrogens is 360 g/mol. The first-order chi connectivity index (χ1) is 14.1. The second-order valence-electron chi connectivity index (χ2n) is 7.84. The number of carbonyl (C=O) groups excluding carboxylic acids is 1. The zero-order valence-corrected chi connectivity index (χ0v) is 17.9.